The number of aromatic amines is 1. The van der Waals surface area contributed by atoms with Gasteiger partial charge in [-0.2, -0.15) is 0 Å². The highest BCUT2D eigenvalue weighted by atomic mass is 32.2. The van der Waals surface area contributed by atoms with E-state index in [4.69, 9.17) is 0 Å². The Bertz CT molecular complexity index is 1360. The standard InChI is InChI=1S/C21H23N5O3S/c1-3-13-10-14(27)11-15(13)19-24-25-20-21(23-18-16(26(19)20)8-9-22-18)30(28,29)17-7-5-4-6-12(17)2/h4-9,13-15,22,27H,3,10-11H2,1-2H3/t13-,14-,15+/m1/s1. The highest BCUT2D eigenvalue weighted by Gasteiger charge is 2.37. The van der Waals surface area contributed by atoms with Gasteiger partial charge in [0.05, 0.1) is 16.5 Å². The number of hydrogen-bond donors (Lipinski definition) is 2. The van der Waals surface area contributed by atoms with Crippen molar-refractivity contribution in [2.24, 2.45) is 5.92 Å². The van der Waals surface area contributed by atoms with Crippen molar-refractivity contribution in [2.45, 2.75) is 55.1 Å². The third-order valence-corrected chi connectivity index (χ3v) is 8.02. The Hall–Kier alpha value is -2.78. The Morgan fingerprint density at radius 3 is 2.77 bits per heavy atom. The Kier molecular flexibility index (Phi) is 4.41. The zero-order valence-corrected chi connectivity index (χ0v) is 17.6. The normalized spacial score (nSPS) is 22.3. The molecule has 5 rings (SSSR count). The van der Waals surface area contributed by atoms with Crippen molar-refractivity contribution in [1.29, 1.82) is 0 Å². The number of aliphatic hydroxyl groups excluding tert-OH is 1. The fourth-order valence-corrected chi connectivity index (χ4v) is 6.23. The monoisotopic (exact) mass is 425 g/mol. The van der Waals surface area contributed by atoms with Crippen molar-refractivity contribution in [3.63, 3.8) is 0 Å². The van der Waals surface area contributed by atoms with Gasteiger partial charge in [-0.25, -0.2) is 13.4 Å². The average molecular weight is 426 g/mol. The summed E-state index contributed by atoms with van der Waals surface area (Å²) in [5.74, 6) is 0.960. The molecule has 0 unspecified atom stereocenters. The number of aryl methyl sites for hydroxylation is 1. The second-order valence-corrected chi connectivity index (χ2v) is 9.85. The zero-order chi connectivity index (χ0) is 21.0. The van der Waals surface area contributed by atoms with Crippen LogP contribution in [0.3, 0.4) is 0 Å². The van der Waals surface area contributed by atoms with Gasteiger partial charge in [0.2, 0.25) is 14.9 Å². The number of nitrogens with zero attached hydrogens (tertiary/aromatic N) is 4. The third-order valence-electron chi connectivity index (χ3n) is 6.20. The van der Waals surface area contributed by atoms with E-state index in [9.17, 15) is 13.5 Å². The summed E-state index contributed by atoms with van der Waals surface area (Å²) in [5, 5.41) is 18.8. The molecule has 0 bridgehead atoms. The van der Waals surface area contributed by atoms with Crippen LogP contribution in [0.25, 0.3) is 16.8 Å². The maximum Gasteiger partial charge on any atom is 0.228 e. The van der Waals surface area contributed by atoms with E-state index in [2.05, 4.69) is 27.1 Å². The van der Waals surface area contributed by atoms with Crippen molar-refractivity contribution in [1.82, 2.24) is 24.6 Å². The Morgan fingerprint density at radius 1 is 1.20 bits per heavy atom. The van der Waals surface area contributed by atoms with Crippen molar-refractivity contribution in [3.05, 3.63) is 47.9 Å². The summed E-state index contributed by atoms with van der Waals surface area (Å²) in [4.78, 5) is 7.67. The lowest BCUT2D eigenvalue weighted by atomic mass is 9.93. The second kappa shape index (κ2) is 6.88. The predicted octanol–water partition coefficient (Wildman–Crippen LogP) is 3.01. The summed E-state index contributed by atoms with van der Waals surface area (Å²) in [7, 11) is -3.91. The fourth-order valence-electron chi connectivity index (χ4n) is 4.69. The second-order valence-electron chi connectivity index (χ2n) is 8.01. The van der Waals surface area contributed by atoms with Gasteiger partial charge in [-0.1, -0.05) is 31.5 Å². The molecule has 1 saturated carbocycles. The highest BCUT2D eigenvalue weighted by molar-refractivity contribution is 7.91. The van der Waals surface area contributed by atoms with Crippen LogP contribution in [0.4, 0.5) is 0 Å². The Labute approximate surface area is 173 Å². The molecule has 3 heterocycles. The molecular formula is C21H23N5O3S. The maximum absolute atomic E-state index is 13.5. The van der Waals surface area contributed by atoms with Crippen LogP contribution in [0.2, 0.25) is 0 Å². The molecule has 1 aromatic carbocycles. The van der Waals surface area contributed by atoms with Crippen LogP contribution >= 0.6 is 0 Å². The van der Waals surface area contributed by atoms with E-state index in [-0.39, 0.29) is 33.5 Å². The lowest BCUT2D eigenvalue weighted by Gasteiger charge is -2.16. The third kappa shape index (κ3) is 2.76. The summed E-state index contributed by atoms with van der Waals surface area (Å²) in [6.07, 6.45) is 3.56. The van der Waals surface area contributed by atoms with Gasteiger partial charge < -0.3 is 10.1 Å². The van der Waals surface area contributed by atoms with E-state index in [1.54, 1.807) is 41.8 Å². The number of nitrogens with one attached hydrogen (secondary N) is 1. The van der Waals surface area contributed by atoms with Gasteiger partial charge in [0.15, 0.2) is 11.3 Å². The Balaban J connectivity index is 1.79. The minimum atomic E-state index is -3.91. The molecule has 9 heteroatoms. The lowest BCUT2D eigenvalue weighted by Crippen LogP contribution is -2.12. The van der Waals surface area contributed by atoms with Crippen molar-refractivity contribution >= 4 is 26.6 Å². The number of sulfone groups is 1. The van der Waals surface area contributed by atoms with Gasteiger partial charge in [0.1, 0.15) is 5.82 Å². The average Bonchev–Trinajstić information content (AvgIpc) is 3.44. The molecule has 0 saturated heterocycles. The number of aromatic nitrogens is 5. The first-order valence-corrected chi connectivity index (χ1v) is 11.6. The minimum Gasteiger partial charge on any atom is -0.393 e. The first kappa shape index (κ1) is 19.2. The molecule has 8 nitrogen and oxygen atoms in total. The van der Waals surface area contributed by atoms with Crippen LogP contribution in [0.5, 0.6) is 0 Å². The van der Waals surface area contributed by atoms with E-state index in [1.165, 1.54) is 0 Å². The number of hydrogen-bond acceptors (Lipinski definition) is 6. The molecular weight excluding hydrogens is 402 g/mol. The molecule has 30 heavy (non-hydrogen) atoms. The molecule has 3 atom stereocenters. The van der Waals surface area contributed by atoms with E-state index in [0.717, 1.165) is 11.9 Å². The summed E-state index contributed by atoms with van der Waals surface area (Å²) in [5.41, 5.74) is 2.05. The van der Waals surface area contributed by atoms with E-state index < -0.39 is 9.84 Å². The van der Waals surface area contributed by atoms with Crippen LogP contribution in [-0.4, -0.2) is 44.2 Å². The quantitative estimate of drug-likeness (QED) is 0.520. The molecule has 1 fully saturated rings. The van der Waals surface area contributed by atoms with Crippen LogP contribution in [0.1, 0.15) is 43.5 Å². The first-order valence-electron chi connectivity index (χ1n) is 10.1. The topological polar surface area (TPSA) is 113 Å². The molecule has 156 valence electrons. The van der Waals surface area contributed by atoms with Crippen LogP contribution in [0.15, 0.2) is 46.5 Å². The highest BCUT2D eigenvalue weighted by Crippen LogP contribution is 2.42. The molecule has 0 amide bonds. The smallest absolute Gasteiger partial charge is 0.228 e. The minimum absolute atomic E-state index is 0.00881. The van der Waals surface area contributed by atoms with Gasteiger partial charge in [-0.05, 0) is 43.4 Å². The van der Waals surface area contributed by atoms with Gasteiger partial charge in [0, 0.05) is 12.1 Å². The van der Waals surface area contributed by atoms with Gasteiger partial charge >= 0.3 is 0 Å². The molecule has 0 spiro atoms. The number of benzene rings is 1. The van der Waals surface area contributed by atoms with Crippen LogP contribution < -0.4 is 0 Å². The van der Waals surface area contributed by atoms with Crippen molar-refractivity contribution in [2.75, 3.05) is 0 Å². The summed E-state index contributed by atoms with van der Waals surface area (Å²) < 4.78 is 28.9. The largest absolute Gasteiger partial charge is 0.393 e. The SMILES string of the molecule is CC[C@@H]1C[C@@H](O)C[C@@H]1c1nnc2c(S(=O)(=O)c3ccccc3C)nc3[nH]ccc3n12. The van der Waals surface area contributed by atoms with E-state index >= 15 is 0 Å². The Morgan fingerprint density at radius 2 is 2.00 bits per heavy atom. The first-order chi connectivity index (χ1) is 14.4. The van der Waals surface area contributed by atoms with E-state index in [0.29, 0.717) is 29.9 Å². The fraction of sp³-hybridized carbons (Fsp3) is 0.381. The zero-order valence-electron chi connectivity index (χ0n) is 16.8. The van der Waals surface area contributed by atoms with Crippen LogP contribution in [-0.2, 0) is 9.84 Å². The summed E-state index contributed by atoms with van der Waals surface area (Å²) in [6.45, 7) is 3.86. The molecule has 0 aliphatic heterocycles. The van der Waals surface area contributed by atoms with Crippen LogP contribution in [0, 0.1) is 12.8 Å². The molecule has 1 aliphatic carbocycles. The predicted molar refractivity (Wildman–Crippen MR) is 111 cm³/mol. The number of aliphatic hydroxyl groups is 1. The van der Waals surface area contributed by atoms with Crippen molar-refractivity contribution < 1.29 is 13.5 Å². The number of rotatable bonds is 4. The lowest BCUT2D eigenvalue weighted by molar-refractivity contribution is 0.176. The van der Waals surface area contributed by atoms with Gasteiger partial charge in [-0.15, -0.1) is 10.2 Å². The molecule has 2 N–H and O–H groups in total. The summed E-state index contributed by atoms with van der Waals surface area (Å²) >= 11 is 0. The van der Waals surface area contributed by atoms with Gasteiger partial charge in [0.25, 0.3) is 0 Å². The summed E-state index contributed by atoms with van der Waals surface area (Å²) in [6, 6.07) is 8.69. The van der Waals surface area contributed by atoms with Crippen molar-refractivity contribution in [3.8, 4) is 0 Å². The number of H-pyrrole nitrogens is 1. The molecule has 0 radical (unpaired) electrons. The number of fused-ring (bicyclic) bond motifs is 3. The molecule has 1 aliphatic rings. The van der Waals surface area contributed by atoms with E-state index in [1.807, 2.05) is 6.07 Å². The molecule has 3 aromatic heterocycles. The van der Waals surface area contributed by atoms with Gasteiger partial charge in [-0.3, -0.25) is 4.40 Å². The maximum atomic E-state index is 13.5. The molecule has 4 aromatic rings.